The summed E-state index contributed by atoms with van der Waals surface area (Å²) >= 11 is 0. The van der Waals surface area contributed by atoms with Crippen molar-refractivity contribution >= 4 is 0 Å². The second-order valence-electron chi connectivity index (χ2n) is 4.91. The summed E-state index contributed by atoms with van der Waals surface area (Å²) < 4.78 is 5.60. The van der Waals surface area contributed by atoms with Gasteiger partial charge in [0, 0.05) is 0 Å². The van der Waals surface area contributed by atoms with Crippen molar-refractivity contribution in [2.24, 2.45) is 0 Å². The third-order valence-corrected chi connectivity index (χ3v) is 3.35. The van der Waals surface area contributed by atoms with E-state index in [0.29, 0.717) is 12.2 Å². The molecule has 2 atom stereocenters. The summed E-state index contributed by atoms with van der Waals surface area (Å²) in [5, 5.41) is 0. The molecule has 0 spiro atoms. The molecule has 2 unspecified atom stereocenters. The van der Waals surface area contributed by atoms with Gasteiger partial charge in [-0.25, -0.2) is 0 Å². The molecular weight excluding hydrogens is 184 g/mol. The van der Waals surface area contributed by atoms with Crippen LogP contribution in [0.2, 0.25) is 0 Å². The van der Waals surface area contributed by atoms with Crippen LogP contribution >= 0.6 is 0 Å². The van der Waals surface area contributed by atoms with Crippen LogP contribution in [0.3, 0.4) is 0 Å². The molecule has 0 radical (unpaired) electrons. The predicted octanol–water partition coefficient (Wildman–Crippen LogP) is 4.69. The molecule has 0 aromatic rings. The maximum absolute atomic E-state index is 5.60. The zero-order valence-corrected chi connectivity index (χ0v) is 10.6. The minimum absolute atomic E-state index is 0.634. The van der Waals surface area contributed by atoms with Crippen LogP contribution in [0.15, 0.2) is 0 Å². The Balaban J connectivity index is 1.75. The molecule has 0 bridgehead atoms. The second-order valence-corrected chi connectivity index (χ2v) is 4.91. The van der Waals surface area contributed by atoms with E-state index >= 15 is 0 Å². The van der Waals surface area contributed by atoms with Crippen LogP contribution in [0.4, 0.5) is 0 Å². The Morgan fingerprint density at radius 3 is 1.93 bits per heavy atom. The maximum Gasteiger partial charge on any atom is 0.0841 e. The topological polar surface area (TPSA) is 12.5 Å². The number of hydrogen-bond donors (Lipinski definition) is 0. The van der Waals surface area contributed by atoms with Gasteiger partial charge in [0.25, 0.3) is 0 Å². The molecule has 0 saturated carbocycles. The van der Waals surface area contributed by atoms with Crippen molar-refractivity contribution < 1.29 is 4.74 Å². The van der Waals surface area contributed by atoms with Crippen LogP contribution in [0.25, 0.3) is 0 Å². The molecule has 1 heteroatoms. The van der Waals surface area contributed by atoms with Gasteiger partial charge in [-0.15, -0.1) is 0 Å². The fraction of sp³-hybridized carbons (Fsp3) is 1.00. The van der Waals surface area contributed by atoms with Crippen molar-refractivity contribution in [1.29, 1.82) is 0 Å². The summed E-state index contributed by atoms with van der Waals surface area (Å²) in [5.74, 6) is 0. The Hall–Kier alpha value is -0.0400. The molecule has 1 rings (SSSR count). The zero-order chi connectivity index (χ0) is 10.9. The van der Waals surface area contributed by atoms with E-state index in [1.54, 1.807) is 0 Å². The summed E-state index contributed by atoms with van der Waals surface area (Å²) in [6, 6.07) is 0. The molecule has 1 saturated heterocycles. The van der Waals surface area contributed by atoms with Crippen LogP contribution in [-0.4, -0.2) is 12.2 Å². The van der Waals surface area contributed by atoms with Gasteiger partial charge in [0.15, 0.2) is 0 Å². The Morgan fingerprint density at radius 2 is 1.27 bits per heavy atom. The number of rotatable bonds is 10. The molecule has 1 aliphatic heterocycles. The van der Waals surface area contributed by atoms with Gasteiger partial charge in [-0.05, 0) is 12.8 Å². The van der Waals surface area contributed by atoms with Gasteiger partial charge in [-0.2, -0.15) is 0 Å². The maximum atomic E-state index is 5.60. The van der Waals surface area contributed by atoms with Gasteiger partial charge in [0.1, 0.15) is 0 Å². The molecule has 0 aliphatic carbocycles. The molecule has 1 heterocycles. The Bertz CT molecular complexity index is 144. The molecule has 1 nitrogen and oxygen atoms in total. The summed E-state index contributed by atoms with van der Waals surface area (Å²) in [7, 11) is 0. The Morgan fingerprint density at radius 1 is 0.667 bits per heavy atom. The van der Waals surface area contributed by atoms with E-state index in [4.69, 9.17) is 4.74 Å². The molecule has 15 heavy (non-hydrogen) atoms. The molecular formula is C14H28O. The van der Waals surface area contributed by atoms with E-state index in [2.05, 4.69) is 13.8 Å². The van der Waals surface area contributed by atoms with Gasteiger partial charge < -0.3 is 4.74 Å². The predicted molar refractivity (Wildman–Crippen MR) is 66.2 cm³/mol. The Labute approximate surface area is 95.6 Å². The van der Waals surface area contributed by atoms with E-state index in [1.165, 1.54) is 64.2 Å². The lowest BCUT2D eigenvalue weighted by atomic mass is 10.1. The average molecular weight is 212 g/mol. The normalized spacial score (nSPS) is 24.4. The molecule has 0 amide bonds. The second kappa shape index (κ2) is 8.15. The lowest BCUT2D eigenvalue weighted by Gasteiger charge is -1.99. The monoisotopic (exact) mass is 212 g/mol. The van der Waals surface area contributed by atoms with Crippen molar-refractivity contribution in [3.63, 3.8) is 0 Å². The van der Waals surface area contributed by atoms with Gasteiger partial charge in [-0.1, -0.05) is 65.2 Å². The molecule has 1 aliphatic rings. The minimum Gasteiger partial charge on any atom is -0.370 e. The first kappa shape index (κ1) is 13.0. The first-order valence-corrected chi connectivity index (χ1v) is 7.04. The molecule has 1 fully saturated rings. The number of ether oxygens (including phenoxy) is 1. The number of epoxide rings is 1. The van der Waals surface area contributed by atoms with Gasteiger partial charge >= 0.3 is 0 Å². The Kier molecular flexibility index (Phi) is 7.08. The van der Waals surface area contributed by atoms with Crippen molar-refractivity contribution in [2.75, 3.05) is 0 Å². The first-order chi connectivity index (χ1) is 7.38. The van der Waals surface area contributed by atoms with E-state index in [9.17, 15) is 0 Å². The van der Waals surface area contributed by atoms with Crippen molar-refractivity contribution in [3.05, 3.63) is 0 Å². The van der Waals surface area contributed by atoms with E-state index < -0.39 is 0 Å². The van der Waals surface area contributed by atoms with Crippen LogP contribution in [0, 0.1) is 0 Å². The van der Waals surface area contributed by atoms with Crippen LogP contribution in [0.1, 0.15) is 78.1 Å². The van der Waals surface area contributed by atoms with Crippen molar-refractivity contribution in [2.45, 2.75) is 90.3 Å². The van der Waals surface area contributed by atoms with E-state index in [-0.39, 0.29) is 0 Å². The summed E-state index contributed by atoms with van der Waals surface area (Å²) in [6.07, 6.45) is 15.0. The van der Waals surface area contributed by atoms with Gasteiger partial charge in [0.05, 0.1) is 12.2 Å². The highest BCUT2D eigenvalue weighted by Gasteiger charge is 2.36. The van der Waals surface area contributed by atoms with Crippen LogP contribution in [-0.2, 0) is 4.74 Å². The first-order valence-electron chi connectivity index (χ1n) is 7.04. The quantitative estimate of drug-likeness (QED) is 0.378. The summed E-state index contributed by atoms with van der Waals surface area (Å²) in [5.41, 5.74) is 0. The highest BCUT2D eigenvalue weighted by atomic mass is 16.6. The molecule has 0 aromatic carbocycles. The lowest BCUT2D eigenvalue weighted by Crippen LogP contribution is -1.93. The number of hydrogen-bond acceptors (Lipinski definition) is 1. The standard InChI is InChI=1S/C14H28O/c1-3-5-6-7-8-9-10-12-14-13(15-14)11-4-2/h13-14H,3-12H2,1-2H3. The summed E-state index contributed by atoms with van der Waals surface area (Å²) in [6.45, 7) is 4.52. The largest absolute Gasteiger partial charge is 0.370 e. The lowest BCUT2D eigenvalue weighted by molar-refractivity contribution is 0.351. The average Bonchev–Trinajstić information content (AvgIpc) is 2.96. The van der Waals surface area contributed by atoms with E-state index in [1.807, 2.05) is 0 Å². The molecule has 90 valence electrons. The van der Waals surface area contributed by atoms with E-state index in [0.717, 1.165) is 0 Å². The van der Waals surface area contributed by atoms with Crippen molar-refractivity contribution in [3.8, 4) is 0 Å². The zero-order valence-electron chi connectivity index (χ0n) is 10.6. The van der Waals surface area contributed by atoms with Crippen molar-refractivity contribution in [1.82, 2.24) is 0 Å². The van der Waals surface area contributed by atoms with Crippen LogP contribution in [0.5, 0.6) is 0 Å². The van der Waals surface area contributed by atoms with Gasteiger partial charge in [-0.3, -0.25) is 0 Å². The van der Waals surface area contributed by atoms with Gasteiger partial charge in [0.2, 0.25) is 0 Å². The fourth-order valence-corrected chi connectivity index (χ4v) is 2.27. The minimum atomic E-state index is 0.634. The fourth-order valence-electron chi connectivity index (χ4n) is 2.27. The molecule has 0 N–H and O–H groups in total. The highest BCUT2D eigenvalue weighted by molar-refractivity contribution is 4.83. The summed E-state index contributed by atoms with van der Waals surface area (Å²) in [4.78, 5) is 0. The molecule has 0 aromatic heterocycles. The third kappa shape index (κ3) is 6.19. The number of unbranched alkanes of at least 4 members (excludes halogenated alkanes) is 6. The van der Waals surface area contributed by atoms with Crippen LogP contribution < -0.4 is 0 Å². The smallest absolute Gasteiger partial charge is 0.0841 e. The highest BCUT2D eigenvalue weighted by Crippen LogP contribution is 2.30. The SMILES string of the molecule is CCCCCCCCCC1OC1CCC. The third-order valence-electron chi connectivity index (χ3n) is 3.35.